The number of ether oxygens (including phenoxy) is 1. The first kappa shape index (κ1) is 10.0. The van der Waals surface area contributed by atoms with Crippen molar-refractivity contribution < 1.29 is 4.74 Å². The molecule has 2 heteroatoms. The van der Waals surface area contributed by atoms with Crippen LogP contribution in [0.15, 0.2) is 0 Å². The van der Waals surface area contributed by atoms with Crippen molar-refractivity contribution in [2.24, 2.45) is 5.92 Å². The molecule has 0 radical (unpaired) electrons. The highest BCUT2D eigenvalue weighted by atomic mass is 16.5. The minimum atomic E-state index is 0.414. The van der Waals surface area contributed by atoms with Crippen molar-refractivity contribution >= 4 is 0 Å². The molecular weight excluding hydrogens is 150 g/mol. The van der Waals surface area contributed by atoms with Crippen LogP contribution in [0.4, 0.5) is 0 Å². The van der Waals surface area contributed by atoms with E-state index in [0.29, 0.717) is 18.1 Å². The number of rotatable bonds is 3. The number of methoxy groups -OCH3 is 1. The van der Waals surface area contributed by atoms with Crippen LogP contribution >= 0.6 is 0 Å². The van der Waals surface area contributed by atoms with Gasteiger partial charge in [0.05, 0.1) is 6.10 Å². The first-order valence-electron chi connectivity index (χ1n) is 4.90. The van der Waals surface area contributed by atoms with Gasteiger partial charge in [0.2, 0.25) is 0 Å². The molecule has 0 aromatic rings. The van der Waals surface area contributed by atoms with E-state index in [2.05, 4.69) is 25.8 Å². The molecule has 12 heavy (non-hydrogen) atoms. The summed E-state index contributed by atoms with van der Waals surface area (Å²) in [5.74, 6) is 0.626. The molecule has 1 saturated heterocycles. The lowest BCUT2D eigenvalue weighted by atomic mass is 9.98. The average Bonchev–Trinajstić information content (AvgIpc) is 2.38. The lowest BCUT2D eigenvalue weighted by Crippen LogP contribution is -2.40. The van der Waals surface area contributed by atoms with Gasteiger partial charge in [-0.15, -0.1) is 0 Å². The van der Waals surface area contributed by atoms with Gasteiger partial charge in [0.1, 0.15) is 0 Å². The molecular formula is C10H21NO. The Morgan fingerprint density at radius 1 is 1.42 bits per heavy atom. The summed E-state index contributed by atoms with van der Waals surface area (Å²) in [5, 5.41) is 0. The highest BCUT2D eigenvalue weighted by molar-refractivity contribution is 4.85. The van der Waals surface area contributed by atoms with E-state index in [1.54, 1.807) is 0 Å². The lowest BCUT2D eigenvalue weighted by molar-refractivity contribution is 0.00807. The van der Waals surface area contributed by atoms with Gasteiger partial charge in [-0.05, 0) is 32.4 Å². The van der Waals surface area contributed by atoms with E-state index in [4.69, 9.17) is 4.74 Å². The van der Waals surface area contributed by atoms with Crippen LogP contribution in [-0.4, -0.2) is 37.7 Å². The van der Waals surface area contributed by atoms with Crippen LogP contribution in [0.2, 0.25) is 0 Å². The third kappa shape index (κ3) is 1.99. The number of likely N-dealkylation sites (tertiary alicyclic amines) is 1. The molecule has 1 aliphatic heterocycles. The standard InChI is InChI=1S/C10H21NO/c1-8(2)10(12-4)9-6-5-7-11(9)3/h8-10H,5-7H2,1-4H3/t9-,10?/m0/s1. The van der Waals surface area contributed by atoms with Crippen LogP contribution in [0.3, 0.4) is 0 Å². The van der Waals surface area contributed by atoms with E-state index in [0.717, 1.165) is 0 Å². The van der Waals surface area contributed by atoms with Gasteiger partial charge in [-0.1, -0.05) is 13.8 Å². The van der Waals surface area contributed by atoms with Gasteiger partial charge in [0.25, 0.3) is 0 Å². The molecule has 0 saturated carbocycles. The van der Waals surface area contributed by atoms with E-state index in [-0.39, 0.29) is 0 Å². The summed E-state index contributed by atoms with van der Waals surface area (Å²) >= 11 is 0. The Bertz CT molecular complexity index is 136. The van der Waals surface area contributed by atoms with Gasteiger partial charge in [0.15, 0.2) is 0 Å². The Kier molecular flexibility index (Phi) is 3.53. The van der Waals surface area contributed by atoms with Crippen molar-refractivity contribution in [1.29, 1.82) is 0 Å². The molecule has 2 atom stereocenters. The summed E-state index contributed by atoms with van der Waals surface area (Å²) in [7, 11) is 4.03. The van der Waals surface area contributed by atoms with Crippen molar-refractivity contribution in [1.82, 2.24) is 4.90 Å². The van der Waals surface area contributed by atoms with Gasteiger partial charge < -0.3 is 9.64 Å². The second-order valence-corrected chi connectivity index (χ2v) is 4.13. The molecule has 0 amide bonds. The van der Waals surface area contributed by atoms with Crippen LogP contribution < -0.4 is 0 Å². The summed E-state index contributed by atoms with van der Waals surface area (Å²) in [4.78, 5) is 2.42. The number of hydrogen-bond donors (Lipinski definition) is 0. The first-order chi connectivity index (χ1) is 5.66. The summed E-state index contributed by atoms with van der Waals surface area (Å²) in [6, 6.07) is 0.648. The Labute approximate surface area is 75.9 Å². The van der Waals surface area contributed by atoms with Crippen LogP contribution in [0.5, 0.6) is 0 Å². The second-order valence-electron chi connectivity index (χ2n) is 4.13. The molecule has 1 heterocycles. The Balaban J connectivity index is 2.52. The van der Waals surface area contributed by atoms with Gasteiger partial charge in [-0.3, -0.25) is 0 Å². The fraction of sp³-hybridized carbons (Fsp3) is 1.00. The lowest BCUT2D eigenvalue weighted by Gasteiger charge is -2.30. The van der Waals surface area contributed by atoms with Crippen molar-refractivity contribution in [2.75, 3.05) is 20.7 Å². The zero-order valence-corrected chi connectivity index (χ0v) is 8.71. The second kappa shape index (κ2) is 4.24. The van der Waals surface area contributed by atoms with Crippen LogP contribution in [0, 0.1) is 5.92 Å². The van der Waals surface area contributed by atoms with Crippen LogP contribution in [0.1, 0.15) is 26.7 Å². The minimum absolute atomic E-state index is 0.414. The van der Waals surface area contributed by atoms with Gasteiger partial charge in [0, 0.05) is 13.2 Å². The number of nitrogens with zero attached hydrogens (tertiary/aromatic N) is 1. The van der Waals surface area contributed by atoms with Gasteiger partial charge in [-0.25, -0.2) is 0 Å². The molecule has 2 nitrogen and oxygen atoms in total. The quantitative estimate of drug-likeness (QED) is 0.641. The monoisotopic (exact) mass is 171 g/mol. The van der Waals surface area contributed by atoms with Crippen LogP contribution in [0.25, 0.3) is 0 Å². The van der Waals surface area contributed by atoms with Crippen molar-refractivity contribution in [2.45, 2.75) is 38.8 Å². The normalized spacial score (nSPS) is 28.2. The van der Waals surface area contributed by atoms with Gasteiger partial charge >= 0.3 is 0 Å². The van der Waals surface area contributed by atoms with Crippen LogP contribution in [-0.2, 0) is 4.74 Å². The highest BCUT2D eigenvalue weighted by Crippen LogP contribution is 2.23. The average molecular weight is 171 g/mol. The van der Waals surface area contributed by atoms with E-state index >= 15 is 0 Å². The number of hydrogen-bond acceptors (Lipinski definition) is 2. The summed E-state index contributed by atoms with van der Waals surface area (Å²) in [6.07, 6.45) is 3.04. The molecule has 0 bridgehead atoms. The molecule has 0 aromatic heterocycles. The molecule has 0 N–H and O–H groups in total. The van der Waals surface area contributed by atoms with Crippen molar-refractivity contribution in [3.8, 4) is 0 Å². The van der Waals surface area contributed by atoms with E-state index in [9.17, 15) is 0 Å². The smallest absolute Gasteiger partial charge is 0.0749 e. The molecule has 1 rings (SSSR count). The third-order valence-electron chi connectivity index (χ3n) is 2.89. The summed E-state index contributed by atoms with van der Waals surface area (Å²) in [6.45, 7) is 5.71. The predicted octanol–water partition coefficient (Wildman–Crippen LogP) is 1.75. The maximum Gasteiger partial charge on any atom is 0.0749 e. The molecule has 0 aliphatic carbocycles. The van der Waals surface area contributed by atoms with Crippen molar-refractivity contribution in [3.05, 3.63) is 0 Å². The zero-order valence-electron chi connectivity index (χ0n) is 8.71. The Morgan fingerprint density at radius 3 is 2.42 bits per heavy atom. The fourth-order valence-corrected chi connectivity index (χ4v) is 2.22. The minimum Gasteiger partial charge on any atom is -0.380 e. The van der Waals surface area contributed by atoms with E-state index in [1.165, 1.54) is 19.4 Å². The Hall–Kier alpha value is -0.0800. The zero-order chi connectivity index (χ0) is 9.14. The van der Waals surface area contributed by atoms with E-state index < -0.39 is 0 Å². The molecule has 0 aromatic carbocycles. The molecule has 1 aliphatic rings. The third-order valence-corrected chi connectivity index (χ3v) is 2.89. The molecule has 1 unspecified atom stereocenters. The fourth-order valence-electron chi connectivity index (χ4n) is 2.22. The molecule has 1 fully saturated rings. The largest absolute Gasteiger partial charge is 0.380 e. The first-order valence-corrected chi connectivity index (χ1v) is 4.90. The topological polar surface area (TPSA) is 12.5 Å². The van der Waals surface area contributed by atoms with Gasteiger partial charge in [-0.2, -0.15) is 0 Å². The SMILES string of the molecule is COC(C(C)C)[C@@H]1CCCN1C. The Morgan fingerprint density at radius 2 is 2.08 bits per heavy atom. The van der Waals surface area contributed by atoms with Crippen molar-refractivity contribution in [3.63, 3.8) is 0 Å². The summed E-state index contributed by atoms with van der Waals surface area (Å²) in [5.41, 5.74) is 0. The number of likely N-dealkylation sites (N-methyl/N-ethyl adjacent to an activating group) is 1. The maximum atomic E-state index is 5.52. The van der Waals surface area contributed by atoms with E-state index in [1.807, 2.05) is 7.11 Å². The molecule has 72 valence electrons. The highest BCUT2D eigenvalue weighted by Gasteiger charge is 2.30. The predicted molar refractivity (Wildman–Crippen MR) is 51.3 cm³/mol. The molecule has 0 spiro atoms. The maximum absolute atomic E-state index is 5.52. The summed E-state index contributed by atoms with van der Waals surface area (Å²) < 4.78 is 5.52.